The number of anilines is 1. The average molecular weight is 397 g/mol. The Morgan fingerprint density at radius 1 is 1.17 bits per heavy atom. The molecule has 3 N–H and O–H groups in total. The smallest absolute Gasteiger partial charge is 0.229 e. The van der Waals surface area contributed by atoms with Gasteiger partial charge >= 0.3 is 0 Å². The second-order valence-corrected chi connectivity index (χ2v) is 6.48. The van der Waals surface area contributed by atoms with Crippen LogP contribution >= 0.6 is 0 Å². The van der Waals surface area contributed by atoms with E-state index in [0.29, 0.717) is 17.0 Å². The van der Waals surface area contributed by atoms with Crippen LogP contribution in [0.2, 0.25) is 0 Å². The molecule has 0 saturated heterocycles. The average Bonchev–Trinajstić information content (AvgIpc) is 3.38. The number of nitrogens with zero attached hydrogens (tertiary/aromatic N) is 4. The summed E-state index contributed by atoms with van der Waals surface area (Å²) < 4.78 is 19.0. The van der Waals surface area contributed by atoms with Gasteiger partial charge in [0.2, 0.25) is 6.35 Å². The normalized spacial score (nSPS) is 16.3. The molecule has 150 valence electrons. The van der Waals surface area contributed by atoms with Crippen LogP contribution in [0.25, 0.3) is 11.1 Å². The van der Waals surface area contributed by atoms with Crippen molar-refractivity contribution in [1.82, 2.24) is 15.1 Å². The second-order valence-electron chi connectivity index (χ2n) is 6.48. The number of amidine groups is 1. The van der Waals surface area contributed by atoms with E-state index in [2.05, 4.69) is 15.3 Å². The third-order valence-electron chi connectivity index (χ3n) is 4.74. The van der Waals surface area contributed by atoms with E-state index < -0.39 is 12.2 Å². The second kappa shape index (κ2) is 7.90. The van der Waals surface area contributed by atoms with Crippen molar-refractivity contribution < 1.29 is 19.3 Å². The summed E-state index contributed by atoms with van der Waals surface area (Å²) in [7, 11) is 1.49. The van der Waals surface area contributed by atoms with Gasteiger partial charge in [-0.1, -0.05) is 12.1 Å². The van der Waals surface area contributed by atoms with E-state index in [1.165, 1.54) is 35.2 Å². The lowest BCUT2D eigenvalue weighted by molar-refractivity contribution is 0.0571. The van der Waals surface area contributed by atoms with Gasteiger partial charge in [-0.05, 0) is 35.9 Å². The van der Waals surface area contributed by atoms with Crippen LogP contribution in [0.5, 0.6) is 5.75 Å². The van der Waals surface area contributed by atoms with Crippen LogP contribution in [-0.2, 0) is 6.54 Å². The van der Waals surface area contributed by atoms with Gasteiger partial charge in [-0.3, -0.25) is 5.10 Å². The number of ether oxygens (including phenoxy) is 1. The first kappa shape index (κ1) is 18.9. The number of aromatic nitrogens is 2. The highest BCUT2D eigenvalue weighted by atomic mass is 19.1. The molecule has 1 aliphatic rings. The van der Waals surface area contributed by atoms with E-state index in [1.807, 2.05) is 24.3 Å². The number of hydrogen-bond acceptors (Lipinski definition) is 7. The van der Waals surface area contributed by atoms with E-state index in [9.17, 15) is 14.6 Å². The predicted octanol–water partition coefficient (Wildman–Crippen LogP) is 2.13. The topological polar surface area (TPSA) is 97.2 Å². The lowest BCUT2D eigenvalue weighted by Crippen LogP contribution is -2.42. The maximum absolute atomic E-state index is 13.7. The Morgan fingerprint density at radius 2 is 1.97 bits per heavy atom. The summed E-state index contributed by atoms with van der Waals surface area (Å²) in [5, 5.41) is 33.0. The van der Waals surface area contributed by atoms with Crippen molar-refractivity contribution in [3.63, 3.8) is 0 Å². The van der Waals surface area contributed by atoms with Crippen molar-refractivity contribution >= 4 is 11.5 Å². The summed E-state index contributed by atoms with van der Waals surface area (Å²) in [6.45, 7) is -0.261. The van der Waals surface area contributed by atoms with Crippen molar-refractivity contribution in [1.29, 1.82) is 0 Å². The number of rotatable bonds is 6. The van der Waals surface area contributed by atoms with Crippen molar-refractivity contribution in [3.8, 4) is 16.9 Å². The number of aliphatic hydroxyl groups excluding tert-OH is 2. The first-order valence-corrected chi connectivity index (χ1v) is 8.94. The zero-order valence-corrected chi connectivity index (χ0v) is 15.7. The summed E-state index contributed by atoms with van der Waals surface area (Å²) in [6.07, 6.45) is 2.34. The van der Waals surface area contributed by atoms with Gasteiger partial charge in [0.1, 0.15) is 18.2 Å². The van der Waals surface area contributed by atoms with Gasteiger partial charge in [-0.25, -0.2) is 9.40 Å². The monoisotopic (exact) mass is 397 g/mol. The highest BCUT2D eigenvalue weighted by molar-refractivity contribution is 5.87. The number of H-pyrrole nitrogens is 1. The number of aromatic amines is 1. The number of aliphatic hydroxyl groups is 2. The number of methoxy groups -OCH3 is 1. The first-order valence-electron chi connectivity index (χ1n) is 8.94. The highest BCUT2D eigenvalue weighted by Crippen LogP contribution is 2.29. The molecule has 0 fully saturated rings. The van der Waals surface area contributed by atoms with Gasteiger partial charge in [-0.2, -0.15) is 10.2 Å². The minimum Gasteiger partial charge on any atom is -0.496 e. The highest BCUT2D eigenvalue weighted by Gasteiger charge is 2.33. The zero-order chi connectivity index (χ0) is 20.4. The summed E-state index contributed by atoms with van der Waals surface area (Å²) in [5.41, 5.74) is 3.08. The first-order chi connectivity index (χ1) is 14.1. The van der Waals surface area contributed by atoms with E-state index >= 15 is 0 Å². The molecule has 29 heavy (non-hydrogen) atoms. The summed E-state index contributed by atoms with van der Waals surface area (Å²) in [5.74, 6) is 0.338. The standard InChI is InChI=1S/C20H20FN5O3/c1-29-18-7-4-16(21)8-14(18)11-25-19(12-27)24-26(20(25)28)17-5-2-13(3-6-17)15-9-22-23-10-15/h2-10,20,27-28H,11-12H2,1H3,(H,22,23). The fraction of sp³-hybridized carbons (Fsp3) is 0.200. The number of nitrogens with one attached hydrogen (secondary N) is 1. The van der Waals surface area contributed by atoms with Crippen LogP contribution in [0.15, 0.2) is 60.0 Å². The molecule has 0 spiro atoms. The molecule has 0 saturated carbocycles. The molecule has 0 bridgehead atoms. The molecule has 2 aromatic carbocycles. The minimum absolute atomic E-state index is 0.116. The Kier molecular flexibility index (Phi) is 5.15. The Hall–Kier alpha value is -3.43. The lowest BCUT2D eigenvalue weighted by Gasteiger charge is -2.27. The quantitative estimate of drug-likeness (QED) is 0.590. The molecule has 2 heterocycles. The molecule has 9 heteroatoms. The Morgan fingerprint density at radius 3 is 2.62 bits per heavy atom. The molecule has 8 nitrogen and oxygen atoms in total. The molecule has 3 aromatic rings. The van der Waals surface area contributed by atoms with Crippen LogP contribution in [0.4, 0.5) is 10.1 Å². The largest absolute Gasteiger partial charge is 0.496 e. The third-order valence-corrected chi connectivity index (χ3v) is 4.74. The van der Waals surface area contributed by atoms with Gasteiger partial charge in [0, 0.05) is 17.3 Å². The zero-order valence-electron chi connectivity index (χ0n) is 15.7. The van der Waals surface area contributed by atoms with Gasteiger partial charge < -0.3 is 19.8 Å². The molecule has 0 aliphatic carbocycles. The number of hydrogen-bond donors (Lipinski definition) is 3. The number of benzene rings is 2. The molecular weight excluding hydrogens is 377 g/mol. The maximum atomic E-state index is 13.7. The van der Waals surface area contributed by atoms with Gasteiger partial charge in [0.25, 0.3) is 0 Å². The van der Waals surface area contributed by atoms with Crippen LogP contribution in [-0.4, -0.2) is 51.2 Å². The van der Waals surface area contributed by atoms with Crippen molar-refractivity contribution in [2.45, 2.75) is 12.9 Å². The van der Waals surface area contributed by atoms with Gasteiger partial charge in [0.05, 0.1) is 25.5 Å². The molecule has 1 atom stereocenters. The van der Waals surface area contributed by atoms with Crippen LogP contribution in [0.3, 0.4) is 0 Å². The SMILES string of the molecule is COc1ccc(F)cc1CN1C(CO)=NN(c2ccc(-c3cn[nH]c3)cc2)C1O. The Balaban J connectivity index is 1.58. The molecular formula is C20H20FN5O3. The van der Waals surface area contributed by atoms with Crippen LogP contribution < -0.4 is 9.75 Å². The van der Waals surface area contributed by atoms with E-state index in [1.54, 1.807) is 12.4 Å². The Bertz CT molecular complexity index is 1010. The Labute approximate surface area is 166 Å². The van der Waals surface area contributed by atoms with Gasteiger partial charge in [-0.15, -0.1) is 0 Å². The lowest BCUT2D eigenvalue weighted by atomic mass is 10.1. The predicted molar refractivity (Wildman–Crippen MR) is 106 cm³/mol. The van der Waals surface area contributed by atoms with Gasteiger partial charge in [0.15, 0.2) is 5.84 Å². The molecule has 0 amide bonds. The fourth-order valence-corrected chi connectivity index (χ4v) is 3.25. The van der Waals surface area contributed by atoms with Crippen LogP contribution in [0, 0.1) is 5.82 Å². The summed E-state index contributed by atoms with van der Waals surface area (Å²) >= 11 is 0. The van der Waals surface area contributed by atoms with Crippen molar-refractivity contribution in [2.75, 3.05) is 18.7 Å². The number of halogens is 1. The minimum atomic E-state index is -1.16. The maximum Gasteiger partial charge on any atom is 0.229 e. The summed E-state index contributed by atoms with van der Waals surface area (Å²) in [4.78, 5) is 1.49. The molecule has 1 unspecified atom stereocenters. The molecule has 1 aliphatic heterocycles. The van der Waals surface area contributed by atoms with E-state index in [-0.39, 0.29) is 19.0 Å². The van der Waals surface area contributed by atoms with E-state index in [4.69, 9.17) is 4.74 Å². The third kappa shape index (κ3) is 3.65. The molecule has 1 aromatic heterocycles. The number of hydrazone groups is 1. The van der Waals surface area contributed by atoms with Crippen molar-refractivity contribution in [3.05, 3.63) is 66.2 Å². The fourth-order valence-electron chi connectivity index (χ4n) is 3.25. The molecule has 4 rings (SSSR count). The van der Waals surface area contributed by atoms with Crippen LogP contribution in [0.1, 0.15) is 5.56 Å². The summed E-state index contributed by atoms with van der Waals surface area (Å²) in [6, 6.07) is 11.6. The van der Waals surface area contributed by atoms with Crippen molar-refractivity contribution in [2.24, 2.45) is 5.10 Å². The molecule has 0 radical (unpaired) electrons. The van der Waals surface area contributed by atoms with E-state index in [0.717, 1.165) is 11.1 Å².